The number of allylic oxidation sites excluding steroid dienone is 3. The Kier molecular flexibility index (Phi) is 2.17. The molecule has 1 aromatic rings. The maximum atomic E-state index is 12.7. The smallest absolute Gasteiger partial charge is 0.342 e. The zero-order valence-corrected chi connectivity index (χ0v) is 8.02. The number of aromatic amines is 1. The van der Waals surface area contributed by atoms with Crippen LogP contribution in [0.3, 0.4) is 0 Å². The van der Waals surface area contributed by atoms with Crippen LogP contribution < -0.4 is 0 Å². The van der Waals surface area contributed by atoms with Crippen LogP contribution in [0.2, 0.25) is 0 Å². The third-order valence-electron chi connectivity index (χ3n) is 2.15. The first-order valence-electron chi connectivity index (χ1n) is 4.49. The summed E-state index contributed by atoms with van der Waals surface area (Å²) in [5, 5.41) is 0. The lowest BCUT2D eigenvalue weighted by molar-refractivity contribution is -0.0692. The summed E-state index contributed by atoms with van der Waals surface area (Å²) in [4.78, 5) is 6.66. The number of alkyl halides is 3. The third-order valence-corrected chi connectivity index (χ3v) is 2.15. The van der Waals surface area contributed by atoms with Gasteiger partial charge in [0.2, 0.25) is 0 Å². The molecule has 15 heavy (non-hydrogen) atoms. The highest BCUT2D eigenvalue weighted by molar-refractivity contribution is 5.75. The Morgan fingerprint density at radius 3 is 2.80 bits per heavy atom. The molecule has 2 rings (SSSR count). The Bertz CT molecular complexity index is 438. The van der Waals surface area contributed by atoms with Gasteiger partial charge in [0, 0.05) is 0 Å². The minimum Gasteiger partial charge on any atom is -0.342 e. The van der Waals surface area contributed by atoms with E-state index in [4.69, 9.17) is 0 Å². The molecule has 0 atom stereocenters. The molecule has 0 bridgehead atoms. The van der Waals surface area contributed by atoms with Crippen molar-refractivity contribution in [2.24, 2.45) is 0 Å². The second-order valence-electron chi connectivity index (χ2n) is 3.34. The standard InChI is InChI=1S/C10H9F3N2/c1-6-14-8-5-3-2-4-7(9(8)15-6)10(11,12)13/h3-5H,2H2,1H3,(H,14,15). The van der Waals surface area contributed by atoms with Gasteiger partial charge in [-0.15, -0.1) is 0 Å². The van der Waals surface area contributed by atoms with E-state index >= 15 is 0 Å². The molecule has 2 nitrogen and oxygen atoms in total. The van der Waals surface area contributed by atoms with Gasteiger partial charge in [-0.3, -0.25) is 0 Å². The Morgan fingerprint density at radius 1 is 1.40 bits per heavy atom. The number of aryl methyl sites for hydroxylation is 1. The number of hydrogen-bond acceptors (Lipinski definition) is 1. The van der Waals surface area contributed by atoms with Gasteiger partial charge in [-0.25, -0.2) is 4.98 Å². The topological polar surface area (TPSA) is 28.7 Å². The van der Waals surface area contributed by atoms with E-state index in [-0.39, 0.29) is 12.1 Å². The van der Waals surface area contributed by atoms with E-state index in [0.717, 1.165) is 6.08 Å². The summed E-state index contributed by atoms with van der Waals surface area (Å²) < 4.78 is 38.0. The van der Waals surface area contributed by atoms with Gasteiger partial charge in [-0.1, -0.05) is 12.2 Å². The molecule has 1 aliphatic rings. The van der Waals surface area contributed by atoms with Gasteiger partial charge in [0.05, 0.1) is 11.3 Å². The van der Waals surface area contributed by atoms with E-state index < -0.39 is 11.7 Å². The number of H-pyrrole nitrogens is 1. The van der Waals surface area contributed by atoms with Crippen molar-refractivity contribution in [1.82, 2.24) is 9.97 Å². The molecular formula is C10H9F3N2. The maximum Gasteiger partial charge on any atom is 0.418 e. The Labute approximate surface area is 84.5 Å². The van der Waals surface area contributed by atoms with Gasteiger partial charge < -0.3 is 4.98 Å². The van der Waals surface area contributed by atoms with Crippen LogP contribution in [-0.2, 0) is 0 Å². The van der Waals surface area contributed by atoms with Gasteiger partial charge in [0.15, 0.2) is 0 Å². The molecule has 0 fully saturated rings. The van der Waals surface area contributed by atoms with E-state index in [9.17, 15) is 13.2 Å². The van der Waals surface area contributed by atoms with Crippen molar-refractivity contribution in [2.45, 2.75) is 19.5 Å². The number of hydrogen-bond donors (Lipinski definition) is 1. The summed E-state index contributed by atoms with van der Waals surface area (Å²) in [5.41, 5.74) is -0.242. The predicted octanol–water partition coefficient (Wildman–Crippen LogP) is 3.08. The van der Waals surface area contributed by atoms with Crippen LogP contribution in [0, 0.1) is 6.92 Å². The van der Waals surface area contributed by atoms with Gasteiger partial charge in [0.1, 0.15) is 11.5 Å². The highest BCUT2D eigenvalue weighted by atomic mass is 19.4. The monoisotopic (exact) mass is 214 g/mol. The highest BCUT2D eigenvalue weighted by Gasteiger charge is 2.37. The van der Waals surface area contributed by atoms with Crippen LogP contribution in [0.4, 0.5) is 13.2 Å². The van der Waals surface area contributed by atoms with Crippen LogP contribution in [0.25, 0.3) is 11.6 Å². The summed E-state index contributed by atoms with van der Waals surface area (Å²) in [7, 11) is 0. The molecule has 1 aromatic heterocycles. The molecule has 5 heteroatoms. The van der Waals surface area contributed by atoms with E-state index in [2.05, 4.69) is 9.97 Å². The predicted molar refractivity (Wildman–Crippen MR) is 51.0 cm³/mol. The quantitative estimate of drug-likeness (QED) is 0.706. The lowest BCUT2D eigenvalue weighted by Gasteiger charge is -2.08. The minimum atomic E-state index is -4.34. The van der Waals surface area contributed by atoms with Gasteiger partial charge in [-0.05, 0) is 19.4 Å². The first kappa shape index (κ1) is 10.0. The lowest BCUT2D eigenvalue weighted by atomic mass is 10.1. The van der Waals surface area contributed by atoms with Crippen LogP contribution in [0.1, 0.15) is 23.6 Å². The summed E-state index contributed by atoms with van der Waals surface area (Å²) in [5.74, 6) is 0.488. The molecule has 1 N–H and O–H groups in total. The number of nitrogens with zero attached hydrogens (tertiary/aromatic N) is 1. The SMILES string of the molecule is Cc1nc2c([nH]1)C=CCC=C2C(F)(F)F. The fourth-order valence-corrected chi connectivity index (χ4v) is 1.55. The van der Waals surface area contributed by atoms with Crippen LogP contribution in [-0.4, -0.2) is 16.1 Å². The Morgan fingerprint density at radius 2 is 2.13 bits per heavy atom. The fraction of sp³-hybridized carbons (Fsp3) is 0.300. The molecule has 0 saturated heterocycles. The van der Waals surface area contributed by atoms with E-state index in [1.165, 1.54) is 0 Å². The first-order valence-corrected chi connectivity index (χ1v) is 4.49. The molecule has 0 aromatic carbocycles. The molecule has 1 aliphatic carbocycles. The summed E-state index contributed by atoms with van der Waals surface area (Å²) in [6.45, 7) is 1.64. The average molecular weight is 214 g/mol. The van der Waals surface area contributed by atoms with Crippen molar-refractivity contribution >= 4 is 11.6 Å². The number of aromatic nitrogens is 2. The molecule has 0 spiro atoms. The summed E-state index contributed by atoms with van der Waals surface area (Å²) in [6, 6.07) is 0. The number of imidazole rings is 1. The van der Waals surface area contributed by atoms with Crippen LogP contribution in [0.15, 0.2) is 12.2 Å². The Hall–Kier alpha value is -1.52. The van der Waals surface area contributed by atoms with E-state index in [0.29, 0.717) is 11.5 Å². The van der Waals surface area contributed by atoms with Crippen molar-refractivity contribution in [3.8, 4) is 0 Å². The average Bonchev–Trinajstić information content (AvgIpc) is 2.32. The number of halogens is 3. The van der Waals surface area contributed by atoms with Gasteiger partial charge >= 0.3 is 6.18 Å². The summed E-state index contributed by atoms with van der Waals surface area (Å²) >= 11 is 0. The van der Waals surface area contributed by atoms with Crippen molar-refractivity contribution < 1.29 is 13.2 Å². The van der Waals surface area contributed by atoms with Crippen molar-refractivity contribution in [2.75, 3.05) is 0 Å². The second-order valence-corrected chi connectivity index (χ2v) is 3.34. The zero-order chi connectivity index (χ0) is 11.1. The fourth-order valence-electron chi connectivity index (χ4n) is 1.55. The van der Waals surface area contributed by atoms with Crippen molar-refractivity contribution in [3.05, 3.63) is 29.4 Å². The van der Waals surface area contributed by atoms with Crippen molar-refractivity contribution in [1.29, 1.82) is 0 Å². The van der Waals surface area contributed by atoms with E-state index in [1.54, 1.807) is 19.1 Å². The lowest BCUT2D eigenvalue weighted by Crippen LogP contribution is -2.11. The first-order chi connectivity index (χ1) is 6.98. The third kappa shape index (κ3) is 1.82. The second kappa shape index (κ2) is 3.25. The minimum absolute atomic E-state index is 0.00579. The van der Waals surface area contributed by atoms with Gasteiger partial charge in [0.25, 0.3) is 0 Å². The van der Waals surface area contributed by atoms with E-state index in [1.807, 2.05) is 0 Å². The van der Waals surface area contributed by atoms with Crippen molar-refractivity contribution in [3.63, 3.8) is 0 Å². The molecule has 0 amide bonds. The molecule has 0 unspecified atom stereocenters. The summed E-state index contributed by atoms with van der Waals surface area (Å²) in [6.07, 6.45) is 0.392. The number of nitrogens with one attached hydrogen (secondary N) is 1. The number of rotatable bonds is 0. The molecule has 0 saturated carbocycles. The molecular weight excluding hydrogens is 205 g/mol. The highest BCUT2D eigenvalue weighted by Crippen LogP contribution is 2.36. The Balaban J connectivity index is 2.57. The molecule has 0 radical (unpaired) electrons. The van der Waals surface area contributed by atoms with Crippen LogP contribution >= 0.6 is 0 Å². The van der Waals surface area contributed by atoms with Crippen LogP contribution in [0.5, 0.6) is 0 Å². The molecule has 80 valence electrons. The van der Waals surface area contributed by atoms with Gasteiger partial charge in [-0.2, -0.15) is 13.2 Å². The molecule has 1 heterocycles. The number of fused-ring (bicyclic) bond motifs is 1. The normalized spacial score (nSPS) is 15.9. The maximum absolute atomic E-state index is 12.7. The zero-order valence-electron chi connectivity index (χ0n) is 8.02. The molecule has 0 aliphatic heterocycles. The largest absolute Gasteiger partial charge is 0.418 e.